The lowest BCUT2D eigenvalue weighted by molar-refractivity contribution is 0.457. The van der Waals surface area contributed by atoms with Crippen molar-refractivity contribution in [3.05, 3.63) is 12.2 Å². The van der Waals surface area contributed by atoms with E-state index in [1.165, 1.54) is 4.31 Å². The zero-order valence-corrected chi connectivity index (χ0v) is 9.78. The Balaban J connectivity index is 4.46. The summed E-state index contributed by atoms with van der Waals surface area (Å²) in [7, 11) is -3.12. The van der Waals surface area contributed by atoms with Crippen LogP contribution < -0.4 is 0 Å². The summed E-state index contributed by atoms with van der Waals surface area (Å²) < 4.78 is 24.0. The second kappa shape index (κ2) is 4.99. The molecule has 0 spiro atoms. The van der Waals surface area contributed by atoms with E-state index in [4.69, 9.17) is 0 Å². The van der Waals surface area contributed by atoms with Crippen LogP contribution in [0.3, 0.4) is 0 Å². The van der Waals surface area contributed by atoms with Gasteiger partial charge in [-0.05, 0) is 6.92 Å². The zero-order valence-electron chi connectivity index (χ0n) is 7.38. The third-order valence-corrected chi connectivity index (χ3v) is 4.52. The molecule has 0 atom stereocenters. The molecule has 0 saturated carbocycles. The number of nitrogens with zero attached hydrogens (tertiary/aromatic N) is 1. The highest BCUT2D eigenvalue weighted by Crippen LogP contribution is 2.06. The second-order valence-corrected chi connectivity index (χ2v) is 5.88. The van der Waals surface area contributed by atoms with E-state index < -0.39 is 10.0 Å². The van der Waals surface area contributed by atoms with Crippen molar-refractivity contribution in [2.24, 2.45) is 0 Å². The molecule has 0 aromatic carbocycles. The highest BCUT2D eigenvalue weighted by Gasteiger charge is 2.17. The summed E-state index contributed by atoms with van der Waals surface area (Å²) in [5.41, 5.74) is 0.848. The Morgan fingerprint density at radius 1 is 1.58 bits per heavy atom. The van der Waals surface area contributed by atoms with Crippen molar-refractivity contribution >= 4 is 26.0 Å². The van der Waals surface area contributed by atoms with Crippen LogP contribution >= 0.6 is 15.9 Å². The van der Waals surface area contributed by atoms with Crippen molar-refractivity contribution in [2.75, 3.05) is 17.8 Å². The summed E-state index contributed by atoms with van der Waals surface area (Å²) >= 11 is 2.94. The van der Waals surface area contributed by atoms with E-state index in [2.05, 4.69) is 22.5 Å². The quantitative estimate of drug-likeness (QED) is 0.553. The predicted octanol–water partition coefficient (Wildman–Crippen LogP) is 1.57. The van der Waals surface area contributed by atoms with E-state index >= 15 is 0 Å². The molecule has 0 aliphatic rings. The van der Waals surface area contributed by atoms with E-state index in [9.17, 15) is 8.42 Å². The number of halogens is 1. The van der Waals surface area contributed by atoms with Crippen LogP contribution in [0.4, 0.5) is 0 Å². The molecule has 0 aliphatic carbocycles. The van der Waals surface area contributed by atoms with Crippen LogP contribution in [0.1, 0.15) is 13.8 Å². The molecular formula is C7H14BrNO2S. The number of sulfonamides is 1. The second-order valence-electron chi connectivity index (χ2n) is 2.60. The molecule has 0 fully saturated rings. The zero-order chi connectivity index (χ0) is 9.78. The molecule has 0 amide bonds. The van der Waals surface area contributed by atoms with Gasteiger partial charge in [0.2, 0.25) is 10.0 Å². The van der Waals surface area contributed by atoms with Crippen molar-refractivity contribution in [3.8, 4) is 0 Å². The van der Waals surface area contributed by atoms with Gasteiger partial charge in [-0.1, -0.05) is 35.0 Å². The molecule has 72 valence electrons. The fourth-order valence-electron chi connectivity index (χ4n) is 0.777. The number of likely N-dealkylation sites (N-methyl/N-ethyl adjacent to an activating group) is 1. The van der Waals surface area contributed by atoms with Crippen LogP contribution in [0.25, 0.3) is 0 Å². The molecule has 5 heteroatoms. The van der Waals surface area contributed by atoms with Gasteiger partial charge < -0.3 is 0 Å². The van der Waals surface area contributed by atoms with Gasteiger partial charge in [0.1, 0.15) is 4.66 Å². The first-order valence-electron chi connectivity index (χ1n) is 3.62. The molecule has 0 aromatic rings. The Hall–Kier alpha value is 0.130. The Bertz CT molecular complexity index is 248. The third kappa shape index (κ3) is 3.69. The first-order valence-corrected chi connectivity index (χ1v) is 6.35. The van der Waals surface area contributed by atoms with Crippen molar-refractivity contribution in [1.29, 1.82) is 0 Å². The SMILES string of the molecule is C=C(C)CN(CC)S(=O)(=O)CBr. The highest BCUT2D eigenvalue weighted by atomic mass is 79.9. The van der Waals surface area contributed by atoms with Gasteiger partial charge >= 0.3 is 0 Å². The number of hydrogen-bond acceptors (Lipinski definition) is 2. The molecule has 0 saturated heterocycles. The molecule has 0 rings (SSSR count). The maximum Gasteiger partial charge on any atom is 0.224 e. The largest absolute Gasteiger partial charge is 0.224 e. The number of alkyl halides is 1. The Morgan fingerprint density at radius 3 is 2.33 bits per heavy atom. The summed E-state index contributed by atoms with van der Waals surface area (Å²) in [6, 6.07) is 0. The normalized spacial score (nSPS) is 12.0. The van der Waals surface area contributed by atoms with E-state index in [1.54, 1.807) is 0 Å². The van der Waals surface area contributed by atoms with Gasteiger partial charge in [-0.25, -0.2) is 8.42 Å². The smallest absolute Gasteiger partial charge is 0.211 e. The van der Waals surface area contributed by atoms with E-state index in [1.807, 2.05) is 13.8 Å². The molecule has 0 aliphatic heterocycles. The van der Waals surface area contributed by atoms with Gasteiger partial charge in [0, 0.05) is 13.1 Å². The van der Waals surface area contributed by atoms with Crippen molar-refractivity contribution < 1.29 is 8.42 Å². The summed E-state index contributed by atoms with van der Waals surface area (Å²) in [4.78, 5) is 0. The highest BCUT2D eigenvalue weighted by molar-refractivity contribution is 9.10. The average Bonchev–Trinajstić information content (AvgIpc) is 1.99. The van der Waals surface area contributed by atoms with Crippen molar-refractivity contribution in [3.63, 3.8) is 0 Å². The minimum absolute atomic E-state index is 0.0267. The van der Waals surface area contributed by atoms with Gasteiger partial charge in [0.05, 0.1) is 0 Å². The monoisotopic (exact) mass is 255 g/mol. The van der Waals surface area contributed by atoms with Crippen LogP contribution in [0, 0.1) is 0 Å². The lowest BCUT2D eigenvalue weighted by atomic mass is 10.3. The van der Waals surface area contributed by atoms with Crippen molar-refractivity contribution in [1.82, 2.24) is 4.31 Å². The average molecular weight is 256 g/mol. The van der Waals surface area contributed by atoms with Gasteiger partial charge in [-0.15, -0.1) is 0 Å². The molecule has 0 aromatic heterocycles. The van der Waals surface area contributed by atoms with Crippen LogP contribution in [0.15, 0.2) is 12.2 Å². The molecule has 0 radical (unpaired) electrons. The number of hydrogen-bond donors (Lipinski definition) is 0. The minimum atomic E-state index is -3.12. The Labute approximate surface area is 82.6 Å². The van der Waals surface area contributed by atoms with Crippen LogP contribution in [-0.2, 0) is 10.0 Å². The molecule has 3 nitrogen and oxygen atoms in total. The predicted molar refractivity (Wildman–Crippen MR) is 54.8 cm³/mol. The lowest BCUT2D eigenvalue weighted by Gasteiger charge is -2.18. The maximum absolute atomic E-state index is 11.3. The van der Waals surface area contributed by atoms with E-state index in [0.29, 0.717) is 13.1 Å². The molecular weight excluding hydrogens is 242 g/mol. The van der Waals surface area contributed by atoms with E-state index in [-0.39, 0.29) is 4.66 Å². The third-order valence-electron chi connectivity index (χ3n) is 1.33. The lowest BCUT2D eigenvalue weighted by Crippen LogP contribution is -2.32. The van der Waals surface area contributed by atoms with E-state index in [0.717, 1.165) is 5.57 Å². The number of rotatable bonds is 5. The van der Waals surface area contributed by atoms with Gasteiger partial charge in [0.15, 0.2) is 0 Å². The topological polar surface area (TPSA) is 37.4 Å². The van der Waals surface area contributed by atoms with Crippen LogP contribution in [0.2, 0.25) is 0 Å². The summed E-state index contributed by atoms with van der Waals surface area (Å²) in [5, 5.41) is 0. The standard InChI is InChI=1S/C7H14BrNO2S/c1-4-9(5-7(2)3)12(10,11)6-8/h2,4-6H2,1,3H3. The molecule has 12 heavy (non-hydrogen) atoms. The fourth-order valence-corrected chi connectivity index (χ4v) is 2.59. The Morgan fingerprint density at radius 2 is 2.08 bits per heavy atom. The van der Waals surface area contributed by atoms with Gasteiger partial charge in [0.25, 0.3) is 0 Å². The summed E-state index contributed by atoms with van der Waals surface area (Å²) in [5.74, 6) is 0. The molecule has 0 heterocycles. The first kappa shape index (κ1) is 12.1. The molecule has 0 unspecified atom stereocenters. The van der Waals surface area contributed by atoms with Crippen LogP contribution in [-0.4, -0.2) is 30.5 Å². The van der Waals surface area contributed by atoms with Crippen molar-refractivity contribution in [2.45, 2.75) is 13.8 Å². The molecule has 0 N–H and O–H groups in total. The Kier molecular flexibility index (Phi) is 5.04. The fraction of sp³-hybridized carbons (Fsp3) is 0.714. The summed E-state index contributed by atoms with van der Waals surface area (Å²) in [6.45, 7) is 8.18. The van der Waals surface area contributed by atoms with Gasteiger partial charge in [-0.2, -0.15) is 4.31 Å². The minimum Gasteiger partial charge on any atom is -0.211 e. The van der Waals surface area contributed by atoms with Gasteiger partial charge in [-0.3, -0.25) is 0 Å². The van der Waals surface area contributed by atoms with Crippen LogP contribution in [0.5, 0.6) is 0 Å². The molecule has 0 bridgehead atoms. The first-order chi connectivity index (χ1) is 5.44. The summed E-state index contributed by atoms with van der Waals surface area (Å²) in [6.07, 6.45) is 0. The maximum atomic E-state index is 11.3.